The van der Waals surface area contributed by atoms with Gasteiger partial charge in [-0.1, -0.05) is 24.8 Å². The fraction of sp³-hybridized carbons (Fsp3) is 0.700. The number of nitrogens with two attached hydrogens (primary N) is 2. The Morgan fingerprint density at radius 3 is 3.06 bits per heavy atom. The number of rotatable bonds is 3. The minimum Gasteiger partial charge on any atom is -0.310 e. The van der Waals surface area contributed by atoms with Crippen molar-refractivity contribution in [1.82, 2.24) is 5.32 Å². The smallest absolute Gasteiger partial charge is 0.213 e. The topological polar surface area (TPSA) is 76.4 Å². The number of halogens is 1. The summed E-state index contributed by atoms with van der Waals surface area (Å²) in [6.07, 6.45) is 5.45. The first-order chi connectivity index (χ1) is 7.11. The van der Waals surface area contributed by atoms with Crippen molar-refractivity contribution in [3.63, 3.8) is 0 Å². The second-order valence-corrected chi connectivity index (χ2v) is 5.34. The molecule has 16 heavy (non-hydrogen) atoms. The Balaban J connectivity index is 0.00000128. The van der Waals surface area contributed by atoms with Gasteiger partial charge in [-0.15, -0.1) is 12.4 Å². The largest absolute Gasteiger partial charge is 0.310 e. The van der Waals surface area contributed by atoms with Crippen molar-refractivity contribution in [3.05, 3.63) is 11.0 Å². The number of hydrogen-bond acceptors (Lipinski definition) is 5. The van der Waals surface area contributed by atoms with Crippen LogP contribution in [0.25, 0.3) is 0 Å². The van der Waals surface area contributed by atoms with E-state index in [0.29, 0.717) is 6.04 Å². The van der Waals surface area contributed by atoms with Gasteiger partial charge in [-0.2, -0.15) is 0 Å². The van der Waals surface area contributed by atoms with Crippen LogP contribution in [-0.2, 0) is 0 Å². The summed E-state index contributed by atoms with van der Waals surface area (Å²) < 4.78 is 0. The first-order valence-electron chi connectivity index (χ1n) is 5.42. The highest BCUT2D eigenvalue weighted by molar-refractivity contribution is 8.05. The Kier molecular flexibility index (Phi) is 4.82. The molecule has 0 spiro atoms. The van der Waals surface area contributed by atoms with Crippen LogP contribution in [0.3, 0.4) is 0 Å². The molecule has 0 aromatic rings. The zero-order valence-electron chi connectivity index (χ0n) is 9.40. The molecule has 1 aliphatic heterocycles. The van der Waals surface area contributed by atoms with Gasteiger partial charge >= 0.3 is 0 Å². The van der Waals surface area contributed by atoms with E-state index in [1.165, 1.54) is 16.7 Å². The van der Waals surface area contributed by atoms with Crippen molar-refractivity contribution < 1.29 is 0 Å². The summed E-state index contributed by atoms with van der Waals surface area (Å²) in [5, 5.41) is 2.56. The Morgan fingerprint density at radius 1 is 1.62 bits per heavy atom. The van der Waals surface area contributed by atoms with Crippen LogP contribution in [-0.4, -0.2) is 23.4 Å². The van der Waals surface area contributed by atoms with Crippen molar-refractivity contribution in [2.75, 3.05) is 6.54 Å². The first-order valence-corrected chi connectivity index (χ1v) is 6.23. The second-order valence-electron chi connectivity index (χ2n) is 4.04. The van der Waals surface area contributed by atoms with E-state index in [0.717, 1.165) is 31.5 Å². The summed E-state index contributed by atoms with van der Waals surface area (Å²) in [7, 11) is 0. The van der Waals surface area contributed by atoms with Gasteiger partial charge in [0.05, 0.1) is 5.71 Å². The van der Waals surface area contributed by atoms with Crippen molar-refractivity contribution in [2.24, 2.45) is 16.5 Å². The highest BCUT2D eigenvalue weighted by Gasteiger charge is 2.33. The highest BCUT2D eigenvalue weighted by Crippen LogP contribution is 2.37. The molecule has 0 saturated carbocycles. The third-order valence-electron chi connectivity index (χ3n) is 2.57. The van der Waals surface area contributed by atoms with Gasteiger partial charge in [-0.25, -0.2) is 4.99 Å². The molecule has 92 valence electrons. The summed E-state index contributed by atoms with van der Waals surface area (Å²) >= 11 is 1.46. The summed E-state index contributed by atoms with van der Waals surface area (Å²) in [5.74, 6) is 0. The van der Waals surface area contributed by atoms with Gasteiger partial charge in [0.1, 0.15) is 0 Å². The van der Waals surface area contributed by atoms with E-state index in [1.807, 2.05) is 0 Å². The van der Waals surface area contributed by atoms with E-state index < -0.39 is 5.12 Å². The highest BCUT2D eigenvalue weighted by atomic mass is 35.5. The zero-order chi connectivity index (χ0) is 10.9. The number of nitrogens with zero attached hydrogens (tertiary/aromatic N) is 1. The van der Waals surface area contributed by atoms with Gasteiger partial charge in [-0.3, -0.25) is 11.5 Å². The molecule has 1 heterocycles. The number of allylic oxidation sites excluding steroid dienone is 1. The summed E-state index contributed by atoms with van der Waals surface area (Å²) in [6, 6.07) is 0.459. The van der Waals surface area contributed by atoms with Gasteiger partial charge in [0.25, 0.3) is 0 Å². The lowest BCUT2D eigenvalue weighted by atomic mass is 10.0. The average molecular weight is 263 g/mol. The minimum atomic E-state index is -0.930. The Hall–Kier alpha value is -0.0700. The van der Waals surface area contributed by atoms with Crippen molar-refractivity contribution in [3.8, 4) is 0 Å². The van der Waals surface area contributed by atoms with E-state index in [1.54, 1.807) is 0 Å². The monoisotopic (exact) mass is 262 g/mol. The van der Waals surface area contributed by atoms with Gasteiger partial charge < -0.3 is 5.32 Å². The maximum absolute atomic E-state index is 5.78. The predicted octanol–water partition coefficient (Wildman–Crippen LogP) is 1.17. The molecular weight excluding hydrogens is 244 g/mol. The number of hydrogen-bond donors (Lipinski definition) is 3. The third kappa shape index (κ3) is 3.21. The molecule has 5 N–H and O–H groups in total. The molecule has 1 aliphatic carbocycles. The quantitative estimate of drug-likeness (QED) is 0.668. The molecule has 2 rings (SSSR count). The van der Waals surface area contributed by atoms with Crippen molar-refractivity contribution in [2.45, 2.75) is 37.3 Å². The van der Waals surface area contributed by atoms with E-state index in [4.69, 9.17) is 11.5 Å². The molecule has 2 aliphatic rings. The van der Waals surface area contributed by atoms with Gasteiger partial charge in [0, 0.05) is 10.9 Å². The van der Waals surface area contributed by atoms with Crippen LogP contribution < -0.4 is 16.8 Å². The van der Waals surface area contributed by atoms with Crippen LogP contribution in [0.5, 0.6) is 0 Å². The van der Waals surface area contributed by atoms with Gasteiger partial charge in [0.15, 0.2) is 0 Å². The zero-order valence-corrected chi connectivity index (χ0v) is 11.0. The standard InChI is InChI=1S/C10H18N4S.ClH/c1-2-5-13-7-3-4-8-9(6-7)15-10(11,12)14-8;/h6-7,13H,2-5,11-12H2,1H3;1H. The molecule has 6 heteroatoms. The van der Waals surface area contributed by atoms with Crippen molar-refractivity contribution >= 4 is 29.9 Å². The molecule has 0 saturated heterocycles. The van der Waals surface area contributed by atoms with E-state index in [9.17, 15) is 0 Å². The normalized spacial score (nSPS) is 26.6. The van der Waals surface area contributed by atoms with Gasteiger partial charge in [0.2, 0.25) is 5.12 Å². The first kappa shape index (κ1) is 14.0. The van der Waals surface area contributed by atoms with Gasteiger partial charge in [-0.05, 0) is 25.8 Å². The SMILES string of the molecule is CCCNC1C=C2SC(N)(N)N=C2CC1.Cl. The van der Waals surface area contributed by atoms with Crippen LogP contribution in [0, 0.1) is 0 Å². The Morgan fingerprint density at radius 2 is 2.38 bits per heavy atom. The lowest BCUT2D eigenvalue weighted by Gasteiger charge is -2.20. The lowest BCUT2D eigenvalue weighted by molar-refractivity contribution is 0.556. The molecule has 1 atom stereocenters. The lowest BCUT2D eigenvalue weighted by Crippen LogP contribution is -2.41. The molecule has 0 radical (unpaired) electrons. The summed E-state index contributed by atoms with van der Waals surface area (Å²) in [5.41, 5.74) is 12.6. The molecular formula is C10H19ClN4S. The van der Waals surface area contributed by atoms with E-state index in [2.05, 4.69) is 23.3 Å². The number of nitrogens with one attached hydrogen (secondary N) is 1. The van der Waals surface area contributed by atoms with Crippen LogP contribution in [0.15, 0.2) is 16.0 Å². The molecule has 4 nitrogen and oxygen atoms in total. The summed E-state index contributed by atoms with van der Waals surface area (Å²) in [6.45, 7) is 3.23. The third-order valence-corrected chi connectivity index (χ3v) is 3.58. The van der Waals surface area contributed by atoms with Crippen LogP contribution in [0.2, 0.25) is 0 Å². The second kappa shape index (κ2) is 5.51. The van der Waals surface area contributed by atoms with Crippen LogP contribution in [0.4, 0.5) is 0 Å². The molecule has 0 fully saturated rings. The number of thioether (sulfide) groups is 1. The summed E-state index contributed by atoms with van der Waals surface area (Å²) in [4.78, 5) is 5.46. The van der Waals surface area contributed by atoms with E-state index >= 15 is 0 Å². The fourth-order valence-corrected chi connectivity index (χ4v) is 2.89. The van der Waals surface area contributed by atoms with Crippen LogP contribution in [0.1, 0.15) is 26.2 Å². The molecule has 1 unspecified atom stereocenters. The maximum Gasteiger partial charge on any atom is 0.213 e. The number of fused-ring (bicyclic) bond motifs is 1. The van der Waals surface area contributed by atoms with E-state index in [-0.39, 0.29) is 12.4 Å². The predicted molar refractivity (Wildman–Crippen MR) is 72.8 cm³/mol. The van der Waals surface area contributed by atoms with Crippen LogP contribution >= 0.6 is 24.2 Å². The minimum absolute atomic E-state index is 0. The molecule has 0 aromatic heterocycles. The average Bonchev–Trinajstić information content (AvgIpc) is 2.47. The number of aliphatic imine (C=N–C) groups is 1. The molecule has 0 bridgehead atoms. The molecule has 0 aromatic carbocycles. The fourth-order valence-electron chi connectivity index (χ4n) is 1.88. The molecule has 0 amide bonds. The van der Waals surface area contributed by atoms with Crippen molar-refractivity contribution in [1.29, 1.82) is 0 Å². The Labute approximate surface area is 107 Å². The Bertz CT molecular complexity index is 314. The maximum atomic E-state index is 5.78.